The van der Waals surface area contributed by atoms with Crippen molar-refractivity contribution in [1.82, 2.24) is 0 Å². The number of anilines is 1. The van der Waals surface area contributed by atoms with Crippen LogP contribution in [0.25, 0.3) is 0 Å². The predicted molar refractivity (Wildman–Crippen MR) is 69.3 cm³/mol. The Balaban J connectivity index is 2.90. The van der Waals surface area contributed by atoms with Gasteiger partial charge in [-0.05, 0) is 34.1 Å². The minimum Gasteiger partial charge on any atom is -0.497 e. The zero-order valence-electron chi connectivity index (χ0n) is 8.99. The summed E-state index contributed by atoms with van der Waals surface area (Å²) in [5.74, 6) is 0.308. The predicted octanol–water partition coefficient (Wildman–Crippen LogP) is 1.69. The van der Waals surface area contributed by atoms with Crippen LogP contribution in [0.15, 0.2) is 27.8 Å². The fourth-order valence-electron chi connectivity index (χ4n) is 0.975. The Hall–Kier alpha value is -2.07. The smallest absolute Gasteiger partial charge is 0.201 e. The molecular weight excluding hydrogens is 286 g/mol. The highest BCUT2D eigenvalue weighted by Gasteiger charge is 2.03. The Morgan fingerprint density at radius 1 is 1.65 bits per heavy atom. The molecule has 0 amide bonds. The molecule has 0 spiro atoms. The van der Waals surface area contributed by atoms with Crippen molar-refractivity contribution in [2.45, 2.75) is 0 Å². The Bertz CT molecular complexity index is 506. The van der Waals surface area contributed by atoms with E-state index >= 15 is 0 Å². The van der Waals surface area contributed by atoms with Crippen molar-refractivity contribution in [3.05, 3.63) is 22.7 Å². The molecule has 7 heteroatoms. The molecule has 1 aromatic rings. The molecule has 0 bridgehead atoms. The average Bonchev–Trinajstić information content (AvgIpc) is 2.31. The van der Waals surface area contributed by atoms with Crippen LogP contribution in [0.2, 0.25) is 0 Å². The van der Waals surface area contributed by atoms with Crippen molar-refractivity contribution < 1.29 is 4.74 Å². The van der Waals surface area contributed by atoms with Gasteiger partial charge < -0.3 is 10.5 Å². The second-order valence-electron chi connectivity index (χ2n) is 2.94. The number of nitrogens with zero attached hydrogens (tertiary/aromatic N) is 2. The monoisotopic (exact) mass is 295 g/mol. The van der Waals surface area contributed by atoms with E-state index in [-0.39, 0.29) is 11.5 Å². The van der Waals surface area contributed by atoms with E-state index < -0.39 is 0 Å². The van der Waals surface area contributed by atoms with Gasteiger partial charge >= 0.3 is 0 Å². The molecule has 88 valence electrons. The van der Waals surface area contributed by atoms with E-state index in [0.717, 1.165) is 4.47 Å². The summed E-state index contributed by atoms with van der Waals surface area (Å²) in [5, 5.41) is 19.5. The summed E-state index contributed by atoms with van der Waals surface area (Å²) in [6, 6.07) is 6.92. The quantitative estimate of drug-likeness (QED) is 0.446. The van der Waals surface area contributed by atoms with Gasteiger partial charge in [-0.3, -0.25) is 10.8 Å². The van der Waals surface area contributed by atoms with Gasteiger partial charge in [0.2, 0.25) is 5.71 Å². The number of amidine groups is 1. The highest BCUT2D eigenvalue weighted by molar-refractivity contribution is 9.10. The summed E-state index contributed by atoms with van der Waals surface area (Å²) in [5.41, 5.74) is 8.26. The minimum absolute atomic E-state index is 0.173. The second kappa shape index (κ2) is 5.86. The van der Waals surface area contributed by atoms with Crippen molar-refractivity contribution in [1.29, 1.82) is 10.7 Å². The number of halogens is 1. The molecule has 0 aliphatic heterocycles. The maximum atomic E-state index is 8.65. The molecule has 6 nitrogen and oxygen atoms in total. The molecule has 1 aromatic carbocycles. The van der Waals surface area contributed by atoms with E-state index in [4.69, 9.17) is 21.1 Å². The number of nitrogens with two attached hydrogens (primary N) is 1. The first-order valence-electron chi connectivity index (χ1n) is 4.50. The molecule has 0 unspecified atom stereocenters. The lowest BCUT2D eigenvalue weighted by molar-refractivity contribution is 0.414. The molecule has 0 radical (unpaired) electrons. The van der Waals surface area contributed by atoms with Crippen LogP contribution in [0.1, 0.15) is 0 Å². The van der Waals surface area contributed by atoms with Crippen LogP contribution in [0, 0.1) is 16.7 Å². The number of hydrazone groups is 1. The van der Waals surface area contributed by atoms with E-state index in [1.807, 2.05) is 0 Å². The van der Waals surface area contributed by atoms with Gasteiger partial charge in [0.15, 0.2) is 5.84 Å². The fourth-order valence-corrected chi connectivity index (χ4v) is 1.42. The van der Waals surface area contributed by atoms with Crippen LogP contribution >= 0.6 is 15.9 Å². The molecule has 4 N–H and O–H groups in total. The van der Waals surface area contributed by atoms with Crippen LogP contribution in [-0.2, 0) is 0 Å². The summed E-state index contributed by atoms with van der Waals surface area (Å²) in [6.45, 7) is 0. The molecular formula is C10H10BrN5O. The Labute approximate surface area is 107 Å². The third-order valence-electron chi connectivity index (χ3n) is 1.83. The van der Waals surface area contributed by atoms with Crippen molar-refractivity contribution in [3.8, 4) is 11.8 Å². The number of ether oxygens (including phenoxy) is 1. The van der Waals surface area contributed by atoms with Gasteiger partial charge in [-0.1, -0.05) is 0 Å². The SMILES string of the molecule is COc1ccc(N/N=C(\C#N)C(=N)N)c(Br)c1. The summed E-state index contributed by atoms with van der Waals surface area (Å²) in [6.07, 6.45) is 0. The van der Waals surface area contributed by atoms with E-state index in [0.29, 0.717) is 11.4 Å². The topological polar surface area (TPSA) is 107 Å². The average molecular weight is 296 g/mol. The van der Waals surface area contributed by atoms with Gasteiger partial charge in [0.25, 0.3) is 0 Å². The molecule has 0 saturated carbocycles. The zero-order chi connectivity index (χ0) is 12.8. The standard InChI is InChI=1S/C10H10BrN5O/c1-17-6-2-3-8(7(11)4-6)15-16-9(5-12)10(13)14/h2-4,15H,1H3,(H3,13,14)/b16-9+. The third kappa shape index (κ3) is 3.46. The fraction of sp³-hybridized carbons (Fsp3) is 0.100. The van der Waals surface area contributed by atoms with Crippen LogP contribution < -0.4 is 15.9 Å². The van der Waals surface area contributed by atoms with Crippen LogP contribution in [0.4, 0.5) is 5.69 Å². The Morgan fingerprint density at radius 3 is 2.82 bits per heavy atom. The first kappa shape index (κ1) is 13.0. The molecule has 0 saturated heterocycles. The van der Waals surface area contributed by atoms with E-state index in [1.165, 1.54) is 0 Å². The number of methoxy groups -OCH3 is 1. The summed E-state index contributed by atoms with van der Waals surface area (Å²) in [7, 11) is 1.57. The summed E-state index contributed by atoms with van der Waals surface area (Å²) in [4.78, 5) is 0. The molecule has 0 fully saturated rings. The van der Waals surface area contributed by atoms with E-state index in [2.05, 4.69) is 26.5 Å². The van der Waals surface area contributed by atoms with Crippen molar-refractivity contribution in [2.24, 2.45) is 10.8 Å². The number of benzene rings is 1. The third-order valence-corrected chi connectivity index (χ3v) is 2.48. The van der Waals surface area contributed by atoms with E-state index in [9.17, 15) is 0 Å². The van der Waals surface area contributed by atoms with Gasteiger partial charge in [-0.15, -0.1) is 0 Å². The maximum absolute atomic E-state index is 8.65. The van der Waals surface area contributed by atoms with Crippen molar-refractivity contribution in [3.63, 3.8) is 0 Å². The molecule has 1 rings (SSSR count). The summed E-state index contributed by atoms with van der Waals surface area (Å²) < 4.78 is 5.76. The maximum Gasteiger partial charge on any atom is 0.201 e. The second-order valence-corrected chi connectivity index (χ2v) is 3.80. The minimum atomic E-state index is -0.385. The number of hydrogen-bond acceptors (Lipinski definition) is 5. The lowest BCUT2D eigenvalue weighted by Gasteiger charge is -2.06. The molecule has 0 aromatic heterocycles. The lowest BCUT2D eigenvalue weighted by Crippen LogP contribution is -2.21. The van der Waals surface area contributed by atoms with E-state index in [1.54, 1.807) is 31.4 Å². The van der Waals surface area contributed by atoms with Crippen molar-refractivity contribution in [2.75, 3.05) is 12.5 Å². The van der Waals surface area contributed by atoms with Crippen LogP contribution in [-0.4, -0.2) is 18.7 Å². The van der Waals surface area contributed by atoms with Crippen molar-refractivity contribution >= 4 is 33.2 Å². The largest absolute Gasteiger partial charge is 0.497 e. The normalized spacial score (nSPS) is 10.5. The van der Waals surface area contributed by atoms with Gasteiger partial charge in [0, 0.05) is 4.47 Å². The van der Waals surface area contributed by atoms with Crippen LogP contribution in [0.5, 0.6) is 5.75 Å². The molecule has 0 heterocycles. The molecule has 0 aliphatic rings. The van der Waals surface area contributed by atoms with Gasteiger partial charge in [-0.2, -0.15) is 10.4 Å². The van der Waals surface area contributed by atoms with Gasteiger partial charge in [0.1, 0.15) is 11.8 Å². The van der Waals surface area contributed by atoms with Gasteiger partial charge in [-0.25, -0.2) is 0 Å². The summed E-state index contributed by atoms with van der Waals surface area (Å²) >= 11 is 3.32. The number of hydrogen-bond donors (Lipinski definition) is 3. The lowest BCUT2D eigenvalue weighted by atomic mass is 10.3. The Kier molecular flexibility index (Phi) is 4.48. The Morgan fingerprint density at radius 2 is 2.35 bits per heavy atom. The number of nitriles is 1. The van der Waals surface area contributed by atoms with Gasteiger partial charge in [0.05, 0.1) is 12.8 Å². The number of nitrogens with one attached hydrogen (secondary N) is 2. The number of rotatable bonds is 4. The molecule has 0 aliphatic carbocycles. The van der Waals surface area contributed by atoms with Crippen LogP contribution in [0.3, 0.4) is 0 Å². The highest BCUT2D eigenvalue weighted by atomic mass is 79.9. The first-order chi connectivity index (χ1) is 8.08. The molecule has 17 heavy (non-hydrogen) atoms. The molecule has 0 atom stereocenters. The highest BCUT2D eigenvalue weighted by Crippen LogP contribution is 2.26. The first-order valence-corrected chi connectivity index (χ1v) is 5.29. The zero-order valence-corrected chi connectivity index (χ0v) is 10.6.